The van der Waals surface area contributed by atoms with Crippen LogP contribution < -0.4 is 10.5 Å². The molecule has 19 heavy (non-hydrogen) atoms. The van der Waals surface area contributed by atoms with Crippen molar-refractivity contribution in [3.05, 3.63) is 15.4 Å². The summed E-state index contributed by atoms with van der Waals surface area (Å²) in [6.07, 6.45) is 0.703. The summed E-state index contributed by atoms with van der Waals surface area (Å²) in [5, 5.41) is 0. The van der Waals surface area contributed by atoms with Crippen LogP contribution in [0.15, 0.2) is 14.1 Å². The second-order valence-electron chi connectivity index (χ2n) is 5.49. The van der Waals surface area contributed by atoms with Crippen LogP contribution in [0.25, 0.3) is 0 Å². The Hall–Kier alpha value is 0.0500. The van der Waals surface area contributed by atoms with Crippen molar-refractivity contribution in [2.45, 2.75) is 43.9 Å². The minimum atomic E-state index is -3.52. The van der Waals surface area contributed by atoms with Crippen LogP contribution in [-0.4, -0.2) is 20.5 Å². The van der Waals surface area contributed by atoms with Crippen LogP contribution in [-0.2, 0) is 10.0 Å². The molecule has 1 aromatic rings. The van der Waals surface area contributed by atoms with Gasteiger partial charge in [0.2, 0.25) is 0 Å². The molecule has 1 aromatic heterocycles. The van der Waals surface area contributed by atoms with E-state index in [2.05, 4.69) is 20.7 Å². The predicted molar refractivity (Wildman–Crippen MR) is 84.0 cm³/mol. The molecule has 1 unspecified atom stereocenters. The molecule has 0 radical (unpaired) electrons. The highest BCUT2D eigenvalue weighted by Gasteiger charge is 2.31. The van der Waals surface area contributed by atoms with Gasteiger partial charge in [-0.2, -0.15) is 0 Å². The van der Waals surface area contributed by atoms with E-state index in [0.29, 0.717) is 16.5 Å². The van der Waals surface area contributed by atoms with Crippen molar-refractivity contribution in [1.82, 2.24) is 4.72 Å². The number of rotatable bonds is 6. The smallest absolute Gasteiger partial charge is 0.250 e. The second-order valence-corrected chi connectivity index (χ2v) is 9.77. The fourth-order valence-electron chi connectivity index (χ4n) is 2.01. The molecule has 1 rings (SSSR count). The fraction of sp³-hybridized carbons (Fsp3) is 0.667. The molecule has 3 N–H and O–H groups in total. The molecule has 0 saturated heterocycles. The van der Waals surface area contributed by atoms with E-state index in [1.54, 1.807) is 6.07 Å². The van der Waals surface area contributed by atoms with E-state index in [0.717, 1.165) is 9.35 Å². The van der Waals surface area contributed by atoms with Gasteiger partial charge in [-0.3, -0.25) is 0 Å². The summed E-state index contributed by atoms with van der Waals surface area (Å²) >= 11 is 4.56. The summed E-state index contributed by atoms with van der Waals surface area (Å²) < 4.78 is 28.7. The van der Waals surface area contributed by atoms with Crippen molar-refractivity contribution in [2.75, 3.05) is 6.54 Å². The molecule has 4 nitrogen and oxygen atoms in total. The average molecular weight is 369 g/mol. The number of nitrogens with two attached hydrogens (primary N) is 1. The summed E-state index contributed by atoms with van der Waals surface area (Å²) in [7, 11) is -3.52. The molecule has 1 atom stereocenters. The molecule has 110 valence electrons. The zero-order valence-corrected chi connectivity index (χ0v) is 14.9. The average Bonchev–Trinajstić information content (AvgIpc) is 2.58. The van der Waals surface area contributed by atoms with Crippen molar-refractivity contribution in [2.24, 2.45) is 11.7 Å². The summed E-state index contributed by atoms with van der Waals surface area (Å²) in [6.45, 7) is 8.09. The standard InChI is InChI=1S/C12H21BrN2O2S2/c1-8(2)6-12(4,7-14)15-19(16,17)10-5-9(3)11(13)18-10/h5,8,15H,6-7,14H2,1-4H3. The maximum atomic E-state index is 12.4. The van der Waals surface area contributed by atoms with Gasteiger partial charge in [-0.15, -0.1) is 11.3 Å². The van der Waals surface area contributed by atoms with Crippen LogP contribution in [0.1, 0.15) is 32.8 Å². The maximum absolute atomic E-state index is 12.4. The Kier molecular flexibility index (Phi) is 5.60. The first-order chi connectivity index (χ1) is 8.59. The van der Waals surface area contributed by atoms with E-state index in [9.17, 15) is 8.42 Å². The molecular formula is C12H21BrN2O2S2. The van der Waals surface area contributed by atoms with Crippen molar-refractivity contribution in [1.29, 1.82) is 0 Å². The van der Waals surface area contributed by atoms with Gasteiger partial charge in [0, 0.05) is 12.1 Å². The second kappa shape index (κ2) is 6.22. The lowest BCUT2D eigenvalue weighted by molar-refractivity contribution is 0.345. The molecule has 0 bridgehead atoms. The molecule has 7 heteroatoms. The van der Waals surface area contributed by atoms with E-state index >= 15 is 0 Å². The lowest BCUT2D eigenvalue weighted by Crippen LogP contribution is -2.51. The van der Waals surface area contributed by atoms with E-state index in [1.807, 2.05) is 27.7 Å². The van der Waals surface area contributed by atoms with Crippen LogP contribution in [0.4, 0.5) is 0 Å². The van der Waals surface area contributed by atoms with E-state index in [1.165, 1.54) is 11.3 Å². The molecule has 0 fully saturated rings. The van der Waals surface area contributed by atoms with E-state index in [-0.39, 0.29) is 6.54 Å². The highest BCUT2D eigenvalue weighted by atomic mass is 79.9. The van der Waals surface area contributed by atoms with Crippen LogP contribution in [0.5, 0.6) is 0 Å². The Labute approximate surface area is 128 Å². The van der Waals surface area contributed by atoms with Gasteiger partial charge in [0.25, 0.3) is 10.0 Å². The number of sulfonamides is 1. The molecule has 0 aromatic carbocycles. The lowest BCUT2D eigenvalue weighted by atomic mass is 9.92. The van der Waals surface area contributed by atoms with Gasteiger partial charge in [0.1, 0.15) is 4.21 Å². The molecule has 0 aliphatic carbocycles. The van der Waals surface area contributed by atoms with E-state index in [4.69, 9.17) is 5.73 Å². The molecule has 0 saturated carbocycles. The fourth-order valence-corrected chi connectivity index (χ4v) is 5.66. The Morgan fingerprint density at radius 1 is 1.53 bits per heavy atom. The number of aryl methyl sites for hydroxylation is 1. The maximum Gasteiger partial charge on any atom is 0.250 e. The van der Waals surface area contributed by atoms with Crippen LogP contribution in [0.3, 0.4) is 0 Å². The summed E-state index contributed by atoms with van der Waals surface area (Å²) in [6, 6.07) is 1.67. The minimum Gasteiger partial charge on any atom is -0.329 e. The minimum absolute atomic E-state index is 0.274. The first-order valence-corrected chi connectivity index (χ1v) is 9.19. The highest BCUT2D eigenvalue weighted by Crippen LogP contribution is 2.31. The molecule has 0 aliphatic rings. The van der Waals surface area contributed by atoms with Gasteiger partial charge < -0.3 is 5.73 Å². The molecule has 0 spiro atoms. The third-order valence-electron chi connectivity index (χ3n) is 2.79. The highest BCUT2D eigenvalue weighted by molar-refractivity contribution is 9.11. The largest absolute Gasteiger partial charge is 0.329 e. The molecule has 1 heterocycles. The Balaban J connectivity index is 3.01. The number of nitrogens with one attached hydrogen (secondary N) is 1. The zero-order chi connectivity index (χ0) is 14.8. The zero-order valence-electron chi connectivity index (χ0n) is 11.7. The van der Waals surface area contributed by atoms with Crippen LogP contribution in [0, 0.1) is 12.8 Å². The van der Waals surface area contributed by atoms with Crippen molar-refractivity contribution in [3.63, 3.8) is 0 Å². The van der Waals surface area contributed by atoms with Crippen molar-refractivity contribution < 1.29 is 8.42 Å². The van der Waals surface area contributed by atoms with Crippen molar-refractivity contribution >= 4 is 37.3 Å². The number of thiophene rings is 1. The summed E-state index contributed by atoms with van der Waals surface area (Å²) in [5.41, 5.74) is 6.05. The molecule has 0 aliphatic heterocycles. The molecule has 0 amide bonds. The van der Waals surface area contributed by atoms with E-state index < -0.39 is 15.6 Å². The van der Waals surface area contributed by atoms with Gasteiger partial charge in [-0.25, -0.2) is 13.1 Å². The number of halogens is 1. The van der Waals surface area contributed by atoms with Crippen LogP contribution >= 0.6 is 27.3 Å². The number of hydrogen-bond acceptors (Lipinski definition) is 4. The first-order valence-electron chi connectivity index (χ1n) is 6.09. The predicted octanol–water partition coefficient (Wildman–Crippen LogP) is 2.86. The number of hydrogen-bond donors (Lipinski definition) is 2. The topological polar surface area (TPSA) is 72.2 Å². The normalized spacial score (nSPS) is 15.7. The van der Waals surface area contributed by atoms with Gasteiger partial charge >= 0.3 is 0 Å². The first kappa shape index (κ1) is 17.1. The Morgan fingerprint density at radius 3 is 2.47 bits per heavy atom. The van der Waals surface area contributed by atoms with Gasteiger partial charge in [0.05, 0.1) is 3.79 Å². The Morgan fingerprint density at radius 2 is 2.11 bits per heavy atom. The lowest BCUT2D eigenvalue weighted by Gasteiger charge is -2.30. The third kappa shape index (κ3) is 4.53. The summed E-state index contributed by atoms with van der Waals surface area (Å²) in [5.74, 6) is 0.369. The monoisotopic (exact) mass is 368 g/mol. The van der Waals surface area contributed by atoms with Gasteiger partial charge in [0.15, 0.2) is 0 Å². The quantitative estimate of drug-likeness (QED) is 0.810. The van der Waals surface area contributed by atoms with Gasteiger partial charge in [-0.1, -0.05) is 13.8 Å². The van der Waals surface area contributed by atoms with Crippen LogP contribution in [0.2, 0.25) is 0 Å². The van der Waals surface area contributed by atoms with Gasteiger partial charge in [-0.05, 0) is 53.7 Å². The Bertz CT molecular complexity index is 520. The third-order valence-corrected chi connectivity index (χ3v) is 7.04. The van der Waals surface area contributed by atoms with Crippen molar-refractivity contribution in [3.8, 4) is 0 Å². The molecular weight excluding hydrogens is 348 g/mol. The summed E-state index contributed by atoms with van der Waals surface area (Å²) in [4.78, 5) is 0. The SMILES string of the molecule is Cc1cc(S(=O)(=O)NC(C)(CN)CC(C)C)sc1Br.